The Morgan fingerprint density at radius 1 is 1.38 bits per heavy atom. The number of ether oxygens (including phenoxy) is 1. The van der Waals surface area contributed by atoms with Crippen LogP contribution in [-0.4, -0.2) is 36.8 Å². The molecule has 5 nitrogen and oxygen atoms in total. The van der Waals surface area contributed by atoms with Crippen LogP contribution in [0.4, 0.5) is 0 Å². The Balaban J connectivity index is 0.00000169. The highest BCUT2D eigenvalue weighted by Gasteiger charge is 2.26. The van der Waals surface area contributed by atoms with Crippen molar-refractivity contribution in [1.82, 2.24) is 10.6 Å². The molecule has 3 N–H and O–H groups in total. The van der Waals surface area contributed by atoms with Gasteiger partial charge in [-0.05, 0) is 18.2 Å². The van der Waals surface area contributed by atoms with E-state index in [4.69, 9.17) is 4.74 Å². The number of carbonyl (C=O) groups is 1. The molecule has 1 amide bonds. The molecule has 3 heterocycles. The van der Waals surface area contributed by atoms with Gasteiger partial charge in [-0.2, -0.15) is 0 Å². The summed E-state index contributed by atoms with van der Waals surface area (Å²) in [6.45, 7) is 2.33. The summed E-state index contributed by atoms with van der Waals surface area (Å²) in [6, 6.07) is 9.81. The van der Waals surface area contributed by atoms with Crippen LogP contribution in [0.2, 0.25) is 0 Å². The molecule has 2 atom stereocenters. The van der Waals surface area contributed by atoms with E-state index >= 15 is 0 Å². The smallest absolute Gasteiger partial charge is 0.261 e. The molecule has 0 bridgehead atoms. The highest BCUT2D eigenvalue weighted by Crippen LogP contribution is 2.42. The molecule has 1 saturated heterocycles. The first-order valence-corrected chi connectivity index (χ1v) is 8.56. The summed E-state index contributed by atoms with van der Waals surface area (Å²) in [6.07, 6.45) is -0.382. The van der Waals surface area contributed by atoms with E-state index < -0.39 is 0 Å². The Kier molecular flexibility index (Phi) is 5.10. The number of aliphatic hydroxyl groups excluding tert-OH is 1. The first kappa shape index (κ1) is 17.2. The molecule has 24 heavy (non-hydrogen) atoms. The van der Waals surface area contributed by atoms with Crippen LogP contribution in [0.1, 0.15) is 15.2 Å². The lowest BCUT2D eigenvalue weighted by molar-refractivity contribution is 0.0931. The van der Waals surface area contributed by atoms with Gasteiger partial charge in [-0.25, -0.2) is 0 Å². The van der Waals surface area contributed by atoms with Crippen molar-refractivity contribution in [2.24, 2.45) is 5.92 Å². The highest BCUT2D eigenvalue weighted by molar-refractivity contribution is 7.17. The molecule has 2 aliphatic heterocycles. The molecule has 4 rings (SSSR count). The zero-order valence-electron chi connectivity index (χ0n) is 13.0. The van der Waals surface area contributed by atoms with Gasteiger partial charge in [0.1, 0.15) is 12.4 Å². The number of amides is 1. The van der Waals surface area contributed by atoms with Crippen LogP contribution in [0.25, 0.3) is 10.4 Å². The largest absolute Gasteiger partial charge is 0.488 e. The van der Waals surface area contributed by atoms with Crippen molar-refractivity contribution in [3.05, 3.63) is 40.8 Å². The van der Waals surface area contributed by atoms with Crippen LogP contribution < -0.4 is 15.4 Å². The summed E-state index contributed by atoms with van der Waals surface area (Å²) in [5.74, 6) is 0.868. The van der Waals surface area contributed by atoms with Gasteiger partial charge in [-0.3, -0.25) is 4.79 Å². The Labute approximate surface area is 150 Å². The van der Waals surface area contributed by atoms with Gasteiger partial charge in [0, 0.05) is 41.6 Å². The molecule has 1 aromatic heterocycles. The van der Waals surface area contributed by atoms with Crippen LogP contribution in [-0.2, 0) is 6.61 Å². The minimum absolute atomic E-state index is 0. The van der Waals surface area contributed by atoms with Gasteiger partial charge in [0.15, 0.2) is 0 Å². The lowest BCUT2D eigenvalue weighted by Crippen LogP contribution is -2.34. The fourth-order valence-corrected chi connectivity index (χ4v) is 4.16. The molecule has 2 unspecified atom stereocenters. The van der Waals surface area contributed by atoms with Crippen molar-refractivity contribution >= 4 is 29.7 Å². The maximum atomic E-state index is 12.4. The van der Waals surface area contributed by atoms with Crippen molar-refractivity contribution in [2.45, 2.75) is 12.7 Å². The van der Waals surface area contributed by atoms with Crippen LogP contribution in [0.15, 0.2) is 30.3 Å². The first-order valence-electron chi connectivity index (χ1n) is 7.74. The van der Waals surface area contributed by atoms with Gasteiger partial charge in [0.2, 0.25) is 0 Å². The fourth-order valence-electron chi connectivity index (χ4n) is 3.05. The van der Waals surface area contributed by atoms with Crippen molar-refractivity contribution in [2.75, 3.05) is 19.6 Å². The second-order valence-corrected chi connectivity index (χ2v) is 7.00. The second kappa shape index (κ2) is 7.11. The predicted molar refractivity (Wildman–Crippen MR) is 96.0 cm³/mol. The molecule has 7 heteroatoms. The molecule has 2 aliphatic rings. The van der Waals surface area contributed by atoms with Gasteiger partial charge >= 0.3 is 0 Å². The average molecular weight is 367 g/mol. The van der Waals surface area contributed by atoms with Crippen molar-refractivity contribution in [3.63, 3.8) is 0 Å². The lowest BCUT2D eigenvalue weighted by Gasteiger charge is -2.16. The third-order valence-electron chi connectivity index (χ3n) is 4.38. The number of hydrogen-bond acceptors (Lipinski definition) is 5. The van der Waals surface area contributed by atoms with Gasteiger partial charge in [0.05, 0.1) is 11.0 Å². The van der Waals surface area contributed by atoms with E-state index in [9.17, 15) is 9.90 Å². The number of fused-ring (bicyclic) bond motifs is 3. The van der Waals surface area contributed by atoms with Gasteiger partial charge in [-0.1, -0.05) is 12.1 Å². The summed E-state index contributed by atoms with van der Waals surface area (Å²) in [5.41, 5.74) is 2.11. The second-order valence-electron chi connectivity index (χ2n) is 5.95. The fraction of sp³-hybridized carbons (Fsp3) is 0.353. The van der Waals surface area contributed by atoms with Crippen molar-refractivity contribution < 1.29 is 14.6 Å². The van der Waals surface area contributed by atoms with E-state index in [0.717, 1.165) is 28.3 Å². The van der Waals surface area contributed by atoms with Crippen molar-refractivity contribution in [1.29, 1.82) is 0 Å². The molecule has 128 valence electrons. The average Bonchev–Trinajstić information content (AvgIpc) is 3.18. The van der Waals surface area contributed by atoms with Crippen LogP contribution in [0, 0.1) is 5.92 Å². The van der Waals surface area contributed by atoms with E-state index in [0.29, 0.717) is 24.6 Å². The third kappa shape index (κ3) is 3.15. The number of carbonyl (C=O) groups excluding carboxylic acids is 1. The number of aliphatic hydroxyl groups is 1. The number of rotatable bonds is 3. The summed E-state index contributed by atoms with van der Waals surface area (Å²) in [4.78, 5) is 14.2. The molecule has 2 aromatic rings. The van der Waals surface area contributed by atoms with Crippen LogP contribution in [0.5, 0.6) is 5.75 Å². The number of para-hydroxylation sites is 1. The molecule has 1 aromatic carbocycles. The van der Waals surface area contributed by atoms with Crippen molar-refractivity contribution in [3.8, 4) is 16.2 Å². The molecule has 0 saturated carbocycles. The van der Waals surface area contributed by atoms with Gasteiger partial charge in [0.25, 0.3) is 5.91 Å². The van der Waals surface area contributed by atoms with Gasteiger partial charge < -0.3 is 20.5 Å². The lowest BCUT2D eigenvalue weighted by atomic mass is 10.1. The van der Waals surface area contributed by atoms with Gasteiger partial charge in [-0.15, -0.1) is 23.7 Å². The number of thiophene rings is 1. The number of hydrogen-bond donors (Lipinski definition) is 3. The monoisotopic (exact) mass is 366 g/mol. The van der Waals surface area contributed by atoms with Crippen LogP contribution in [0.3, 0.4) is 0 Å². The topological polar surface area (TPSA) is 70.6 Å². The summed E-state index contributed by atoms with van der Waals surface area (Å²) in [5, 5.41) is 15.8. The summed E-state index contributed by atoms with van der Waals surface area (Å²) < 4.78 is 5.73. The first-order chi connectivity index (χ1) is 11.2. The van der Waals surface area contributed by atoms with E-state index in [1.54, 1.807) is 0 Å². The Hall–Kier alpha value is -1.60. The Morgan fingerprint density at radius 2 is 2.21 bits per heavy atom. The molecule has 0 aliphatic carbocycles. The SMILES string of the molecule is Cl.O=C(NCC1CNCC1O)c1cc2c(s1)-c1ccccc1OC2. The number of nitrogens with one attached hydrogen (secondary N) is 2. The molecule has 1 fully saturated rings. The Morgan fingerprint density at radius 3 is 3.00 bits per heavy atom. The molecular formula is C17H19ClN2O3S. The third-order valence-corrected chi connectivity index (χ3v) is 5.59. The quantitative estimate of drug-likeness (QED) is 0.777. The molecular weight excluding hydrogens is 348 g/mol. The number of benzene rings is 1. The number of halogens is 1. The standard InChI is InChI=1S/C17H18N2O3S.ClH/c20-13-8-18-6-11(13)7-19-17(21)15-5-10-9-22-14-4-2-1-3-12(14)16(10)23-15;/h1-5,11,13,18,20H,6-9H2,(H,19,21);1H. The summed E-state index contributed by atoms with van der Waals surface area (Å²) in [7, 11) is 0. The van der Waals surface area contributed by atoms with E-state index in [1.165, 1.54) is 11.3 Å². The summed E-state index contributed by atoms with van der Waals surface area (Å²) >= 11 is 1.50. The highest BCUT2D eigenvalue weighted by atomic mass is 35.5. The molecule has 0 radical (unpaired) electrons. The molecule has 0 spiro atoms. The normalized spacial score (nSPS) is 21.2. The predicted octanol–water partition coefficient (Wildman–Crippen LogP) is 2.04. The maximum Gasteiger partial charge on any atom is 0.261 e. The Bertz CT molecular complexity index is 749. The van der Waals surface area contributed by atoms with E-state index in [-0.39, 0.29) is 30.3 Å². The zero-order chi connectivity index (χ0) is 15.8. The van der Waals surface area contributed by atoms with Crippen LogP contribution >= 0.6 is 23.7 Å². The van der Waals surface area contributed by atoms with E-state index in [1.807, 2.05) is 30.3 Å². The number of β-amino-alcohol motifs (C(OH)–C–C–N with tert-alkyl or cyclic N) is 1. The minimum Gasteiger partial charge on any atom is -0.488 e. The maximum absolute atomic E-state index is 12.4. The minimum atomic E-state index is -0.382. The zero-order valence-corrected chi connectivity index (χ0v) is 14.6. The van der Waals surface area contributed by atoms with E-state index in [2.05, 4.69) is 10.6 Å².